The van der Waals surface area contributed by atoms with Crippen LogP contribution < -0.4 is 4.57 Å². The zero-order chi connectivity index (χ0) is 12.8. The molecule has 2 rings (SSSR count). The molecule has 0 fully saturated rings. The number of hydrogen-bond acceptors (Lipinski definition) is 3. The van der Waals surface area contributed by atoms with Crippen LogP contribution in [0.4, 0.5) is 0 Å². The highest BCUT2D eigenvalue weighted by atomic mass is 32.2. The van der Waals surface area contributed by atoms with Gasteiger partial charge in [-0.2, -0.15) is 4.57 Å². The van der Waals surface area contributed by atoms with E-state index >= 15 is 0 Å². The molecule has 2 nitrogen and oxygen atoms in total. The molecule has 0 saturated heterocycles. The maximum absolute atomic E-state index is 4.47. The van der Waals surface area contributed by atoms with Gasteiger partial charge in [-0.25, -0.2) is 4.98 Å². The third kappa shape index (κ3) is 2.94. The molecule has 4 heteroatoms. The van der Waals surface area contributed by atoms with Crippen LogP contribution >= 0.6 is 23.5 Å². The molecule has 18 heavy (non-hydrogen) atoms. The lowest BCUT2D eigenvalue weighted by molar-refractivity contribution is -0.579. The number of nitrogens with zero attached hydrogens (tertiary/aromatic N) is 2. The predicted molar refractivity (Wildman–Crippen MR) is 80.2 cm³/mol. The maximum Gasteiger partial charge on any atom is 0.256 e. The van der Waals surface area contributed by atoms with Crippen molar-refractivity contribution >= 4 is 29.2 Å². The molecule has 0 spiro atoms. The molecule has 0 saturated carbocycles. The SMILES string of the molecule is CSC(SC)=C(c1ccccn1)[n+]1ccccc1. The van der Waals surface area contributed by atoms with E-state index in [2.05, 4.69) is 34.5 Å². The molecule has 0 amide bonds. The highest BCUT2D eigenvalue weighted by Crippen LogP contribution is 2.30. The molecule has 0 atom stereocenters. The summed E-state index contributed by atoms with van der Waals surface area (Å²) in [5, 5.41) is 0. The summed E-state index contributed by atoms with van der Waals surface area (Å²) in [7, 11) is 0. The van der Waals surface area contributed by atoms with Gasteiger partial charge in [-0.15, -0.1) is 23.5 Å². The second-order valence-corrected chi connectivity index (χ2v) is 5.43. The first-order chi connectivity index (χ1) is 8.86. The van der Waals surface area contributed by atoms with E-state index in [4.69, 9.17) is 0 Å². The molecule has 2 aromatic rings. The van der Waals surface area contributed by atoms with Gasteiger partial charge in [0.1, 0.15) is 9.93 Å². The number of thioether (sulfide) groups is 2. The third-order valence-corrected chi connectivity index (χ3v) is 4.57. The van der Waals surface area contributed by atoms with Gasteiger partial charge in [-0.1, -0.05) is 12.1 Å². The average Bonchev–Trinajstić information content (AvgIpc) is 2.46. The molecule has 0 aliphatic carbocycles. The second kappa shape index (κ2) is 6.61. The van der Waals surface area contributed by atoms with E-state index in [0.29, 0.717) is 0 Å². The van der Waals surface area contributed by atoms with Gasteiger partial charge in [0.15, 0.2) is 12.4 Å². The standard InChI is InChI=1S/C14H15N2S2/c1-17-14(18-2)13(12-8-4-5-9-15-12)16-10-6-3-7-11-16/h3-11H,1-2H3/q+1. The van der Waals surface area contributed by atoms with Crippen molar-refractivity contribution in [2.75, 3.05) is 12.5 Å². The van der Waals surface area contributed by atoms with Crippen LogP contribution in [0.3, 0.4) is 0 Å². The summed E-state index contributed by atoms with van der Waals surface area (Å²) in [5.74, 6) is 0. The van der Waals surface area contributed by atoms with Gasteiger partial charge in [0.05, 0.1) is 0 Å². The minimum atomic E-state index is 0.993. The molecule has 2 aromatic heterocycles. The van der Waals surface area contributed by atoms with Crippen LogP contribution in [0.5, 0.6) is 0 Å². The highest BCUT2D eigenvalue weighted by molar-refractivity contribution is 8.21. The van der Waals surface area contributed by atoms with Crippen molar-refractivity contribution in [3.05, 3.63) is 64.9 Å². The van der Waals surface area contributed by atoms with Gasteiger partial charge >= 0.3 is 0 Å². The molecule has 0 bridgehead atoms. The predicted octanol–water partition coefficient (Wildman–Crippen LogP) is 3.27. The summed E-state index contributed by atoms with van der Waals surface area (Å²) >= 11 is 3.50. The Morgan fingerprint density at radius 3 is 2.28 bits per heavy atom. The van der Waals surface area contributed by atoms with E-state index in [1.54, 1.807) is 23.5 Å². The van der Waals surface area contributed by atoms with E-state index < -0.39 is 0 Å². The Morgan fingerprint density at radius 2 is 1.72 bits per heavy atom. The van der Waals surface area contributed by atoms with Gasteiger partial charge in [-0.05, 0) is 24.6 Å². The van der Waals surface area contributed by atoms with Gasteiger partial charge < -0.3 is 0 Å². The fraction of sp³-hybridized carbons (Fsp3) is 0.143. The third-order valence-electron chi connectivity index (χ3n) is 2.45. The van der Waals surface area contributed by atoms with Crippen molar-refractivity contribution < 1.29 is 4.57 Å². The minimum Gasteiger partial charge on any atom is -0.250 e. The Labute approximate surface area is 116 Å². The Hall–Kier alpha value is -1.26. The number of hydrogen-bond donors (Lipinski definition) is 0. The zero-order valence-electron chi connectivity index (χ0n) is 10.4. The molecular weight excluding hydrogens is 260 g/mol. The number of pyridine rings is 2. The van der Waals surface area contributed by atoms with Crippen LogP contribution in [0.25, 0.3) is 5.70 Å². The monoisotopic (exact) mass is 275 g/mol. The summed E-state index contributed by atoms with van der Waals surface area (Å²) in [5.41, 5.74) is 2.13. The van der Waals surface area contributed by atoms with Crippen molar-refractivity contribution in [2.24, 2.45) is 0 Å². The topological polar surface area (TPSA) is 16.8 Å². The summed E-state index contributed by atoms with van der Waals surface area (Å²) in [6.45, 7) is 0. The van der Waals surface area contributed by atoms with Gasteiger partial charge in [0.2, 0.25) is 0 Å². The van der Waals surface area contributed by atoms with Crippen molar-refractivity contribution in [3.63, 3.8) is 0 Å². The normalized spacial score (nSPS) is 10.1. The first-order valence-electron chi connectivity index (χ1n) is 5.57. The smallest absolute Gasteiger partial charge is 0.250 e. The van der Waals surface area contributed by atoms with E-state index in [0.717, 1.165) is 11.4 Å². The number of aromatic nitrogens is 2. The molecule has 2 heterocycles. The largest absolute Gasteiger partial charge is 0.256 e. The Kier molecular flexibility index (Phi) is 4.84. The van der Waals surface area contributed by atoms with Crippen molar-refractivity contribution in [3.8, 4) is 0 Å². The summed E-state index contributed by atoms with van der Waals surface area (Å²) in [6, 6.07) is 12.1. The van der Waals surface area contributed by atoms with E-state index in [1.165, 1.54) is 4.24 Å². The molecule has 0 aliphatic heterocycles. The Bertz CT molecular complexity index is 477. The molecule has 0 aromatic carbocycles. The van der Waals surface area contributed by atoms with Crippen molar-refractivity contribution in [1.82, 2.24) is 4.98 Å². The van der Waals surface area contributed by atoms with Crippen LogP contribution in [0, 0.1) is 0 Å². The van der Waals surface area contributed by atoms with Crippen LogP contribution in [0.15, 0.2) is 59.2 Å². The lowest BCUT2D eigenvalue weighted by Crippen LogP contribution is -2.32. The average molecular weight is 275 g/mol. The fourth-order valence-corrected chi connectivity index (χ4v) is 3.14. The lowest BCUT2D eigenvalue weighted by Gasteiger charge is -2.05. The van der Waals surface area contributed by atoms with Crippen LogP contribution in [-0.4, -0.2) is 17.5 Å². The highest BCUT2D eigenvalue weighted by Gasteiger charge is 2.19. The lowest BCUT2D eigenvalue weighted by atomic mass is 10.3. The van der Waals surface area contributed by atoms with E-state index in [9.17, 15) is 0 Å². The molecule has 0 aliphatic rings. The summed E-state index contributed by atoms with van der Waals surface area (Å²) < 4.78 is 3.37. The van der Waals surface area contributed by atoms with Crippen LogP contribution in [0.2, 0.25) is 0 Å². The van der Waals surface area contributed by atoms with E-state index in [-0.39, 0.29) is 0 Å². The van der Waals surface area contributed by atoms with Gasteiger partial charge in [0.25, 0.3) is 5.70 Å². The first-order valence-corrected chi connectivity index (χ1v) is 8.02. The zero-order valence-corrected chi connectivity index (χ0v) is 12.0. The Balaban J connectivity index is 2.59. The molecular formula is C14H15N2S2+. The first kappa shape index (κ1) is 13.2. The minimum absolute atomic E-state index is 0.993. The summed E-state index contributed by atoms with van der Waals surface area (Å²) in [4.78, 5) is 4.47. The van der Waals surface area contributed by atoms with Crippen molar-refractivity contribution in [2.45, 2.75) is 0 Å². The van der Waals surface area contributed by atoms with Crippen molar-refractivity contribution in [1.29, 1.82) is 0 Å². The van der Waals surface area contributed by atoms with Crippen LogP contribution in [0.1, 0.15) is 5.69 Å². The number of rotatable bonds is 4. The van der Waals surface area contributed by atoms with Gasteiger partial charge in [0, 0.05) is 18.3 Å². The fourth-order valence-electron chi connectivity index (χ4n) is 1.67. The molecule has 0 unspecified atom stereocenters. The van der Waals surface area contributed by atoms with E-state index in [1.807, 2.05) is 42.6 Å². The van der Waals surface area contributed by atoms with Crippen LogP contribution in [-0.2, 0) is 0 Å². The Morgan fingerprint density at radius 1 is 1.00 bits per heavy atom. The quantitative estimate of drug-likeness (QED) is 0.797. The second-order valence-electron chi connectivity index (χ2n) is 3.54. The van der Waals surface area contributed by atoms with Gasteiger partial charge in [-0.3, -0.25) is 0 Å². The molecule has 92 valence electrons. The molecule has 0 radical (unpaired) electrons. The maximum atomic E-state index is 4.47. The molecule has 0 N–H and O–H groups in total. The summed E-state index contributed by atoms with van der Waals surface area (Å²) in [6.07, 6.45) is 10.1.